The molecule has 3 aromatic carbocycles. The van der Waals surface area contributed by atoms with Gasteiger partial charge in [0.15, 0.2) is 11.5 Å². The summed E-state index contributed by atoms with van der Waals surface area (Å²) in [5.41, 5.74) is 1.89. The molecule has 0 spiro atoms. The molecule has 9 nitrogen and oxygen atoms in total. The number of nitrogens with one attached hydrogen (secondary N) is 1. The Morgan fingerprint density at radius 1 is 0.951 bits per heavy atom. The van der Waals surface area contributed by atoms with Crippen molar-refractivity contribution in [1.29, 1.82) is 0 Å². The third-order valence-electron chi connectivity index (χ3n) is 6.53. The lowest BCUT2D eigenvalue weighted by molar-refractivity contribution is -0.139. The van der Waals surface area contributed by atoms with Crippen LogP contribution < -0.4 is 19.1 Å². The van der Waals surface area contributed by atoms with Crippen LogP contribution >= 0.6 is 15.9 Å². The average Bonchev–Trinajstić information content (AvgIpc) is 2.97. The number of nitrogens with zero attached hydrogens (tertiary/aromatic N) is 2. The highest BCUT2D eigenvalue weighted by Crippen LogP contribution is 2.34. The SMILES string of the molecule is CCCNC(=O)[C@@H](C)N(Cc1ccc(Br)cc1)C(=O)CN(c1ccc(OC)c(OC)c1)S(=O)(=O)c1ccc(C)cc1. The number of anilines is 1. The van der Waals surface area contributed by atoms with Gasteiger partial charge in [0.25, 0.3) is 10.0 Å². The maximum absolute atomic E-state index is 14.0. The molecule has 41 heavy (non-hydrogen) atoms. The predicted molar refractivity (Wildman–Crippen MR) is 163 cm³/mol. The van der Waals surface area contributed by atoms with E-state index in [1.807, 2.05) is 38.1 Å². The molecule has 0 aliphatic heterocycles. The third kappa shape index (κ3) is 8.01. The topological polar surface area (TPSA) is 105 Å². The highest BCUT2D eigenvalue weighted by Gasteiger charge is 2.33. The van der Waals surface area contributed by atoms with Crippen LogP contribution in [0, 0.1) is 6.92 Å². The first-order valence-corrected chi connectivity index (χ1v) is 15.4. The van der Waals surface area contributed by atoms with E-state index in [2.05, 4.69) is 21.2 Å². The van der Waals surface area contributed by atoms with E-state index in [0.717, 1.165) is 26.3 Å². The molecule has 3 aromatic rings. The summed E-state index contributed by atoms with van der Waals surface area (Å²) in [6.45, 7) is 5.45. The summed E-state index contributed by atoms with van der Waals surface area (Å²) in [6, 6.07) is 17.6. The van der Waals surface area contributed by atoms with Crippen molar-refractivity contribution in [2.24, 2.45) is 0 Å². The zero-order valence-corrected chi connectivity index (χ0v) is 26.3. The molecule has 1 N–H and O–H groups in total. The van der Waals surface area contributed by atoms with Gasteiger partial charge in [-0.05, 0) is 62.2 Å². The first kappa shape index (κ1) is 32.0. The number of carbonyl (C=O) groups excluding carboxylic acids is 2. The fourth-order valence-electron chi connectivity index (χ4n) is 4.11. The molecule has 0 fully saturated rings. The molecule has 0 aliphatic carbocycles. The van der Waals surface area contributed by atoms with Crippen LogP contribution in [0.4, 0.5) is 5.69 Å². The van der Waals surface area contributed by atoms with Gasteiger partial charge in [0, 0.05) is 23.6 Å². The molecule has 220 valence electrons. The van der Waals surface area contributed by atoms with Crippen molar-refractivity contribution < 1.29 is 27.5 Å². The van der Waals surface area contributed by atoms with Gasteiger partial charge in [-0.2, -0.15) is 0 Å². The minimum Gasteiger partial charge on any atom is -0.493 e. The minimum atomic E-state index is -4.20. The summed E-state index contributed by atoms with van der Waals surface area (Å²) < 4.78 is 40.6. The molecule has 0 saturated heterocycles. The number of halogens is 1. The summed E-state index contributed by atoms with van der Waals surface area (Å²) in [7, 11) is -1.27. The van der Waals surface area contributed by atoms with E-state index in [1.54, 1.807) is 31.2 Å². The predicted octanol–water partition coefficient (Wildman–Crippen LogP) is 4.91. The number of methoxy groups -OCH3 is 2. The van der Waals surface area contributed by atoms with Crippen molar-refractivity contribution in [2.45, 2.75) is 44.7 Å². The molecule has 3 rings (SSSR count). The highest BCUT2D eigenvalue weighted by atomic mass is 79.9. The molecule has 0 aliphatic rings. The van der Waals surface area contributed by atoms with Crippen LogP contribution in [0.5, 0.6) is 11.5 Å². The number of benzene rings is 3. The maximum atomic E-state index is 14.0. The number of aryl methyl sites for hydroxylation is 1. The van der Waals surface area contributed by atoms with Crippen LogP contribution in [0.2, 0.25) is 0 Å². The van der Waals surface area contributed by atoms with Crippen molar-refractivity contribution in [2.75, 3.05) is 31.6 Å². The lowest BCUT2D eigenvalue weighted by Gasteiger charge is -2.32. The molecular weight excluding hydrogens is 610 g/mol. The summed E-state index contributed by atoms with van der Waals surface area (Å²) in [6.07, 6.45) is 0.737. The average molecular weight is 647 g/mol. The number of hydrogen-bond acceptors (Lipinski definition) is 6. The molecule has 0 radical (unpaired) electrons. The number of amides is 2. The van der Waals surface area contributed by atoms with Crippen molar-refractivity contribution >= 4 is 43.5 Å². The zero-order valence-electron chi connectivity index (χ0n) is 23.9. The first-order valence-electron chi connectivity index (χ1n) is 13.1. The van der Waals surface area contributed by atoms with Gasteiger partial charge in [-0.15, -0.1) is 0 Å². The Labute approximate surface area is 250 Å². The molecule has 0 unspecified atom stereocenters. The summed E-state index contributed by atoms with van der Waals surface area (Å²) in [5.74, 6) is -0.150. The molecule has 0 saturated carbocycles. The summed E-state index contributed by atoms with van der Waals surface area (Å²) in [5, 5.41) is 2.83. The molecule has 0 heterocycles. The van der Waals surface area contributed by atoms with Gasteiger partial charge in [0.2, 0.25) is 11.8 Å². The van der Waals surface area contributed by atoms with Gasteiger partial charge in [-0.1, -0.05) is 52.7 Å². The van der Waals surface area contributed by atoms with Crippen LogP contribution in [0.3, 0.4) is 0 Å². The molecule has 11 heteroatoms. The van der Waals surface area contributed by atoms with E-state index >= 15 is 0 Å². The van der Waals surface area contributed by atoms with E-state index in [9.17, 15) is 18.0 Å². The zero-order chi connectivity index (χ0) is 30.2. The van der Waals surface area contributed by atoms with Gasteiger partial charge >= 0.3 is 0 Å². The quantitative estimate of drug-likeness (QED) is 0.283. The second kappa shape index (κ2) is 14.4. The van der Waals surface area contributed by atoms with E-state index in [1.165, 1.54) is 37.3 Å². The lowest BCUT2D eigenvalue weighted by Crippen LogP contribution is -2.51. The van der Waals surface area contributed by atoms with Crippen LogP contribution in [-0.4, -0.2) is 58.5 Å². The van der Waals surface area contributed by atoms with Gasteiger partial charge in [-0.3, -0.25) is 13.9 Å². The van der Waals surface area contributed by atoms with Gasteiger partial charge in [0.05, 0.1) is 24.8 Å². The largest absolute Gasteiger partial charge is 0.493 e. The number of sulfonamides is 1. The maximum Gasteiger partial charge on any atom is 0.264 e. The first-order chi connectivity index (χ1) is 19.5. The number of ether oxygens (including phenoxy) is 2. The van der Waals surface area contributed by atoms with Crippen LogP contribution in [0.15, 0.2) is 76.1 Å². The molecule has 1 atom stereocenters. The van der Waals surface area contributed by atoms with Crippen molar-refractivity contribution in [1.82, 2.24) is 10.2 Å². The number of hydrogen-bond donors (Lipinski definition) is 1. The second-order valence-corrected chi connectivity index (χ2v) is 12.3. The van der Waals surface area contributed by atoms with Crippen molar-refractivity contribution in [3.63, 3.8) is 0 Å². The number of rotatable bonds is 13. The van der Waals surface area contributed by atoms with E-state index in [4.69, 9.17) is 9.47 Å². The van der Waals surface area contributed by atoms with Crippen molar-refractivity contribution in [3.05, 3.63) is 82.3 Å². The van der Waals surface area contributed by atoms with Gasteiger partial charge < -0.3 is 19.7 Å². The van der Waals surface area contributed by atoms with E-state index in [0.29, 0.717) is 18.0 Å². The molecule has 0 bridgehead atoms. The summed E-state index contributed by atoms with van der Waals surface area (Å²) >= 11 is 3.41. The van der Waals surface area contributed by atoms with Crippen LogP contribution in [-0.2, 0) is 26.2 Å². The Balaban J connectivity index is 2.07. The Morgan fingerprint density at radius 3 is 2.17 bits per heavy atom. The number of carbonyl (C=O) groups is 2. The third-order valence-corrected chi connectivity index (χ3v) is 8.84. The van der Waals surface area contributed by atoms with Crippen LogP contribution in [0.25, 0.3) is 0 Å². The van der Waals surface area contributed by atoms with Gasteiger partial charge in [-0.25, -0.2) is 8.42 Å². The lowest BCUT2D eigenvalue weighted by atomic mass is 10.1. The Bertz CT molecular complexity index is 1450. The molecular formula is C30H36BrN3O6S. The monoisotopic (exact) mass is 645 g/mol. The minimum absolute atomic E-state index is 0.0267. The Kier molecular flexibility index (Phi) is 11.2. The molecule has 2 amide bonds. The van der Waals surface area contributed by atoms with E-state index in [-0.39, 0.29) is 23.0 Å². The fraction of sp³-hybridized carbons (Fsp3) is 0.333. The Hall–Kier alpha value is -3.57. The van der Waals surface area contributed by atoms with E-state index < -0.39 is 28.5 Å². The molecule has 0 aromatic heterocycles. The smallest absolute Gasteiger partial charge is 0.264 e. The van der Waals surface area contributed by atoms with Crippen molar-refractivity contribution in [3.8, 4) is 11.5 Å². The fourth-order valence-corrected chi connectivity index (χ4v) is 5.78. The second-order valence-electron chi connectivity index (χ2n) is 9.48. The standard InChI is InChI=1S/C30H36BrN3O6S/c1-6-17-32-30(36)22(3)33(19-23-9-11-24(31)12-10-23)29(35)20-34(25-13-16-27(39-4)28(18-25)40-5)41(37,38)26-14-7-21(2)8-15-26/h7-16,18,22H,6,17,19-20H2,1-5H3,(H,32,36)/t22-/m1/s1. The Morgan fingerprint density at radius 2 is 1.59 bits per heavy atom. The summed E-state index contributed by atoms with van der Waals surface area (Å²) in [4.78, 5) is 28.4. The van der Waals surface area contributed by atoms with Gasteiger partial charge in [0.1, 0.15) is 12.6 Å². The highest BCUT2D eigenvalue weighted by molar-refractivity contribution is 9.10. The van der Waals surface area contributed by atoms with Crippen LogP contribution in [0.1, 0.15) is 31.4 Å². The normalized spacial score (nSPS) is 11.9.